The predicted molar refractivity (Wildman–Crippen MR) is 115 cm³/mol. The summed E-state index contributed by atoms with van der Waals surface area (Å²) in [6.07, 6.45) is 0. The smallest absolute Gasteiger partial charge is 0.255 e. The Balaban J connectivity index is 1.69. The van der Waals surface area contributed by atoms with E-state index in [1.165, 1.54) is 49.6 Å². The zero-order valence-electron chi connectivity index (χ0n) is 16.6. The van der Waals surface area contributed by atoms with Crippen molar-refractivity contribution in [3.05, 3.63) is 53.3 Å². The van der Waals surface area contributed by atoms with Crippen LogP contribution in [0.15, 0.2) is 58.5 Å². The van der Waals surface area contributed by atoms with Crippen LogP contribution in [0, 0.1) is 0 Å². The van der Waals surface area contributed by atoms with E-state index in [4.69, 9.17) is 0 Å². The van der Waals surface area contributed by atoms with Gasteiger partial charge in [-0.25, -0.2) is 13.8 Å². The first-order chi connectivity index (χ1) is 14.2. The number of hydrogen-bond donors (Lipinski definition) is 2. The number of carbonyl (C=O) groups excluding carboxylic acids is 2. The molecule has 0 aliphatic carbocycles. The molecule has 1 heterocycles. The maximum absolute atomic E-state index is 12.7. The van der Waals surface area contributed by atoms with Crippen molar-refractivity contribution >= 4 is 49.1 Å². The number of amides is 2. The van der Waals surface area contributed by atoms with Crippen molar-refractivity contribution in [1.29, 1.82) is 0 Å². The molecule has 1 aromatic heterocycles. The normalized spacial score (nSPS) is 12.3. The molecular weight excluding hydrogens is 426 g/mol. The second kappa shape index (κ2) is 8.78. The molecule has 11 heteroatoms. The summed E-state index contributed by atoms with van der Waals surface area (Å²) in [7, 11) is -0.721. The molecule has 0 aliphatic rings. The summed E-state index contributed by atoms with van der Waals surface area (Å²) in [6, 6.07) is 13.5. The molecule has 0 saturated heterocycles. The molecule has 0 radical (unpaired) electrons. The number of aromatic nitrogens is 1. The lowest BCUT2D eigenvalue weighted by Gasteiger charge is -2.16. The fourth-order valence-electron chi connectivity index (χ4n) is 2.71. The third-order valence-electron chi connectivity index (χ3n) is 4.24. The third kappa shape index (κ3) is 4.75. The summed E-state index contributed by atoms with van der Waals surface area (Å²) in [5.41, 5.74) is 3.88. The molecule has 0 saturated carbocycles. The van der Waals surface area contributed by atoms with Crippen LogP contribution in [0.3, 0.4) is 0 Å². The predicted octanol–water partition coefficient (Wildman–Crippen LogP) is 1.45. The van der Waals surface area contributed by atoms with Crippen LogP contribution in [0.5, 0.6) is 0 Å². The Morgan fingerprint density at radius 2 is 1.80 bits per heavy atom. The largest absolute Gasteiger partial charge is 0.326 e. The van der Waals surface area contributed by atoms with Gasteiger partial charge in [-0.2, -0.15) is 4.31 Å². The monoisotopic (exact) mass is 447 g/mol. The average Bonchev–Trinajstić information content (AvgIpc) is 3.02. The number of hydrogen-bond acceptors (Lipinski definition) is 6. The van der Waals surface area contributed by atoms with Gasteiger partial charge < -0.3 is 9.88 Å². The van der Waals surface area contributed by atoms with Crippen LogP contribution < -0.4 is 15.5 Å². The number of likely N-dealkylation sites (N-methyl/N-ethyl adjacent to an activating group) is 1. The highest BCUT2D eigenvalue weighted by molar-refractivity contribution is 7.89. The van der Waals surface area contributed by atoms with Crippen LogP contribution in [0.2, 0.25) is 0 Å². The van der Waals surface area contributed by atoms with Gasteiger partial charge in [-0.3, -0.25) is 9.59 Å². The van der Waals surface area contributed by atoms with Gasteiger partial charge in [-0.05, 0) is 36.4 Å². The van der Waals surface area contributed by atoms with E-state index in [9.17, 15) is 18.0 Å². The molecule has 2 amide bonds. The van der Waals surface area contributed by atoms with Gasteiger partial charge in [0.25, 0.3) is 5.91 Å². The van der Waals surface area contributed by atoms with Crippen molar-refractivity contribution in [2.45, 2.75) is 11.8 Å². The maximum Gasteiger partial charge on any atom is 0.255 e. The zero-order chi connectivity index (χ0) is 21.9. The zero-order valence-corrected chi connectivity index (χ0v) is 18.3. The SMILES string of the molecule is CC(=O)Nc1ccc(S(=O)(=O)N(C)CC(=O)N/N=c2\sc3ccccc3n2C)cc1. The van der Waals surface area contributed by atoms with Crippen LogP contribution in [-0.4, -0.2) is 42.7 Å². The van der Waals surface area contributed by atoms with Crippen molar-refractivity contribution in [1.82, 2.24) is 14.3 Å². The quantitative estimate of drug-likeness (QED) is 0.557. The number of nitrogens with one attached hydrogen (secondary N) is 2. The fraction of sp³-hybridized carbons (Fsp3) is 0.211. The summed E-state index contributed by atoms with van der Waals surface area (Å²) in [6.45, 7) is 0.967. The Hall–Kier alpha value is -3.02. The molecule has 0 bridgehead atoms. The molecule has 30 heavy (non-hydrogen) atoms. The number of para-hydroxylation sites is 1. The molecule has 0 unspecified atom stereocenters. The first kappa shape index (κ1) is 21.7. The Morgan fingerprint density at radius 3 is 2.43 bits per heavy atom. The van der Waals surface area contributed by atoms with Gasteiger partial charge in [0.05, 0.1) is 21.7 Å². The first-order valence-electron chi connectivity index (χ1n) is 8.89. The minimum absolute atomic E-state index is 0.0137. The Kier molecular flexibility index (Phi) is 6.34. The van der Waals surface area contributed by atoms with Crippen LogP contribution in [0.25, 0.3) is 10.2 Å². The molecule has 3 rings (SSSR count). The molecule has 0 aliphatic heterocycles. The molecule has 0 fully saturated rings. The lowest BCUT2D eigenvalue weighted by atomic mass is 10.3. The molecule has 9 nitrogen and oxygen atoms in total. The highest BCUT2D eigenvalue weighted by Gasteiger charge is 2.23. The number of thiazole rings is 1. The maximum atomic E-state index is 12.7. The molecular formula is C19H21N5O4S2. The molecule has 2 aromatic carbocycles. The minimum atomic E-state index is -3.88. The summed E-state index contributed by atoms with van der Waals surface area (Å²) in [5.74, 6) is -0.816. The standard InChI is InChI=1S/C19H21N5O4S2/c1-13(25)20-14-8-10-15(11-9-14)30(27,28)23(2)12-18(26)21-22-19-24(3)16-6-4-5-7-17(16)29-19/h4-11H,12H2,1-3H3,(H,20,25)(H,21,26)/b22-19-. The van der Waals surface area contributed by atoms with Crippen molar-refractivity contribution in [3.63, 3.8) is 0 Å². The van der Waals surface area contributed by atoms with E-state index in [0.29, 0.717) is 10.5 Å². The Labute approximate surface area is 177 Å². The number of sulfonamides is 1. The number of rotatable bonds is 6. The number of nitrogens with zero attached hydrogens (tertiary/aromatic N) is 3. The summed E-state index contributed by atoms with van der Waals surface area (Å²) >= 11 is 1.41. The van der Waals surface area contributed by atoms with Crippen LogP contribution in [0.1, 0.15) is 6.92 Å². The number of benzene rings is 2. The van der Waals surface area contributed by atoms with Gasteiger partial charge >= 0.3 is 0 Å². The molecule has 2 N–H and O–H groups in total. The van der Waals surface area contributed by atoms with E-state index in [0.717, 1.165) is 14.5 Å². The van der Waals surface area contributed by atoms with E-state index < -0.39 is 22.5 Å². The number of carbonyl (C=O) groups is 2. The van der Waals surface area contributed by atoms with E-state index in [-0.39, 0.29) is 10.8 Å². The van der Waals surface area contributed by atoms with Crippen LogP contribution in [0.4, 0.5) is 5.69 Å². The second-order valence-electron chi connectivity index (χ2n) is 6.52. The third-order valence-corrected chi connectivity index (χ3v) is 7.17. The topological polar surface area (TPSA) is 113 Å². The van der Waals surface area contributed by atoms with Crippen molar-refractivity contribution < 1.29 is 18.0 Å². The number of aryl methyl sites for hydroxylation is 1. The molecule has 0 spiro atoms. The van der Waals surface area contributed by atoms with Gasteiger partial charge in [-0.1, -0.05) is 23.5 Å². The Bertz CT molecular complexity index is 1260. The first-order valence-corrected chi connectivity index (χ1v) is 11.2. The van der Waals surface area contributed by atoms with Gasteiger partial charge in [0, 0.05) is 26.7 Å². The van der Waals surface area contributed by atoms with Crippen molar-refractivity contribution in [3.8, 4) is 0 Å². The minimum Gasteiger partial charge on any atom is -0.326 e. The van der Waals surface area contributed by atoms with E-state index in [1.807, 2.05) is 35.9 Å². The van der Waals surface area contributed by atoms with Gasteiger partial charge in [0.15, 0.2) is 0 Å². The lowest BCUT2D eigenvalue weighted by Crippen LogP contribution is -2.37. The second-order valence-corrected chi connectivity index (χ2v) is 9.58. The summed E-state index contributed by atoms with van der Waals surface area (Å²) in [5, 5.41) is 6.68. The summed E-state index contributed by atoms with van der Waals surface area (Å²) < 4.78 is 29.2. The summed E-state index contributed by atoms with van der Waals surface area (Å²) in [4.78, 5) is 23.9. The molecule has 0 atom stereocenters. The number of fused-ring (bicyclic) bond motifs is 1. The average molecular weight is 448 g/mol. The highest BCUT2D eigenvalue weighted by atomic mass is 32.2. The van der Waals surface area contributed by atoms with Gasteiger partial charge in [0.2, 0.25) is 20.7 Å². The Morgan fingerprint density at radius 1 is 1.13 bits per heavy atom. The lowest BCUT2D eigenvalue weighted by molar-refractivity contribution is -0.121. The van der Waals surface area contributed by atoms with E-state index in [2.05, 4.69) is 15.8 Å². The van der Waals surface area contributed by atoms with E-state index in [1.54, 1.807) is 0 Å². The molecule has 3 aromatic rings. The van der Waals surface area contributed by atoms with Gasteiger partial charge in [0.1, 0.15) is 0 Å². The molecule has 158 valence electrons. The van der Waals surface area contributed by atoms with Crippen LogP contribution in [-0.2, 0) is 26.7 Å². The highest BCUT2D eigenvalue weighted by Crippen LogP contribution is 2.17. The van der Waals surface area contributed by atoms with Crippen LogP contribution >= 0.6 is 11.3 Å². The fourth-order valence-corrected chi connectivity index (χ4v) is 4.82. The van der Waals surface area contributed by atoms with Crippen molar-refractivity contribution in [2.75, 3.05) is 18.9 Å². The van der Waals surface area contributed by atoms with E-state index >= 15 is 0 Å². The van der Waals surface area contributed by atoms with Gasteiger partial charge in [-0.15, -0.1) is 5.10 Å². The number of anilines is 1. The van der Waals surface area contributed by atoms with Crippen molar-refractivity contribution in [2.24, 2.45) is 12.1 Å².